The van der Waals surface area contributed by atoms with E-state index in [9.17, 15) is 18.0 Å². The fourth-order valence-corrected chi connectivity index (χ4v) is 1.20. The third-order valence-electron chi connectivity index (χ3n) is 1.88. The predicted octanol–water partition coefficient (Wildman–Crippen LogP) is 2.31. The van der Waals surface area contributed by atoms with Gasteiger partial charge in [-0.1, -0.05) is 0 Å². The summed E-state index contributed by atoms with van der Waals surface area (Å²) in [7, 11) is 0. The van der Waals surface area contributed by atoms with Crippen LogP contribution in [0, 0.1) is 0 Å². The fraction of sp³-hybridized carbons (Fsp3) is 0.300. The Labute approximate surface area is 90.1 Å². The van der Waals surface area contributed by atoms with E-state index < -0.39 is 18.6 Å². The van der Waals surface area contributed by atoms with E-state index in [1.807, 2.05) is 0 Å². The number of rotatable bonds is 2. The molecule has 16 heavy (non-hydrogen) atoms. The lowest BCUT2D eigenvalue weighted by Gasteiger charge is -2.22. The molecule has 88 valence electrons. The summed E-state index contributed by atoms with van der Waals surface area (Å²) in [6.07, 6.45) is -4.45. The number of anilines is 1. The molecule has 6 heteroatoms. The topological polar surface area (TPSA) is 40.5 Å². The van der Waals surface area contributed by atoms with Gasteiger partial charge in [-0.3, -0.25) is 4.79 Å². The summed E-state index contributed by atoms with van der Waals surface area (Å²) in [5.41, 5.74) is 0.0997. The van der Waals surface area contributed by atoms with Gasteiger partial charge in [0.25, 0.3) is 0 Å². The number of halogens is 3. The molecule has 0 saturated carbocycles. The molecule has 0 aliphatic heterocycles. The van der Waals surface area contributed by atoms with Crippen LogP contribution in [0.2, 0.25) is 0 Å². The van der Waals surface area contributed by atoms with Gasteiger partial charge in [0, 0.05) is 12.6 Å². The molecule has 0 aliphatic carbocycles. The van der Waals surface area contributed by atoms with Gasteiger partial charge in [0.15, 0.2) is 0 Å². The molecule has 0 fully saturated rings. The second-order valence-electron chi connectivity index (χ2n) is 3.24. The number of phenols is 1. The first-order valence-electron chi connectivity index (χ1n) is 4.43. The van der Waals surface area contributed by atoms with E-state index in [4.69, 9.17) is 5.11 Å². The number of nitrogens with zero attached hydrogens (tertiary/aromatic N) is 1. The highest BCUT2D eigenvalue weighted by Crippen LogP contribution is 2.23. The first-order chi connectivity index (χ1) is 7.29. The van der Waals surface area contributed by atoms with Crippen LogP contribution in [0.4, 0.5) is 18.9 Å². The Bertz CT molecular complexity index is 373. The maximum atomic E-state index is 12.2. The van der Waals surface area contributed by atoms with Gasteiger partial charge in [0.1, 0.15) is 12.3 Å². The van der Waals surface area contributed by atoms with E-state index in [1.165, 1.54) is 24.3 Å². The van der Waals surface area contributed by atoms with Crippen molar-refractivity contribution in [3.63, 3.8) is 0 Å². The van der Waals surface area contributed by atoms with Gasteiger partial charge >= 0.3 is 6.18 Å². The van der Waals surface area contributed by atoms with Crippen LogP contribution >= 0.6 is 0 Å². The molecule has 0 spiro atoms. The number of hydrogen-bond donors (Lipinski definition) is 1. The molecule has 0 radical (unpaired) electrons. The second kappa shape index (κ2) is 4.42. The highest BCUT2D eigenvalue weighted by atomic mass is 19.4. The highest BCUT2D eigenvalue weighted by Gasteiger charge is 2.32. The molecule has 0 aromatic heterocycles. The zero-order chi connectivity index (χ0) is 12.3. The van der Waals surface area contributed by atoms with Crippen LogP contribution in [0.15, 0.2) is 24.3 Å². The van der Waals surface area contributed by atoms with Gasteiger partial charge in [0.05, 0.1) is 0 Å². The Morgan fingerprint density at radius 3 is 2.19 bits per heavy atom. The quantitative estimate of drug-likeness (QED) is 0.851. The van der Waals surface area contributed by atoms with Crippen LogP contribution in [0.25, 0.3) is 0 Å². The minimum Gasteiger partial charge on any atom is -0.508 e. The summed E-state index contributed by atoms with van der Waals surface area (Å²) in [5, 5.41) is 8.98. The number of phenolic OH excluding ortho intramolecular Hbond substituents is 1. The van der Waals surface area contributed by atoms with Crippen molar-refractivity contribution in [2.24, 2.45) is 0 Å². The van der Waals surface area contributed by atoms with Crippen molar-refractivity contribution < 1.29 is 23.1 Å². The molecular formula is C10H10F3NO2. The predicted molar refractivity (Wildman–Crippen MR) is 52.2 cm³/mol. The molecular weight excluding hydrogens is 223 g/mol. The summed E-state index contributed by atoms with van der Waals surface area (Å²) in [4.78, 5) is 11.7. The van der Waals surface area contributed by atoms with Crippen molar-refractivity contribution in [1.82, 2.24) is 0 Å². The van der Waals surface area contributed by atoms with E-state index in [0.717, 1.165) is 6.92 Å². The average molecular weight is 233 g/mol. The molecule has 0 unspecified atom stereocenters. The molecule has 0 aliphatic rings. The van der Waals surface area contributed by atoms with E-state index in [-0.39, 0.29) is 11.4 Å². The Morgan fingerprint density at radius 2 is 1.81 bits per heavy atom. The number of benzene rings is 1. The van der Waals surface area contributed by atoms with Gasteiger partial charge in [0.2, 0.25) is 5.91 Å². The van der Waals surface area contributed by atoms with Crippen LogP contribution in [0.1, 0.15) is 6.92 Å². The van der Waals surface area contributed by atoms with Gasteiger partial charge < -0.3 is 10.0 Å². The Kier molecular flexibility index (Phi) is 3.41. The smallest absolute Gasteiger partial charge is 0.406 e. The number of hydrogen-bond acceptors (Lipinski definition) is 2. The van der Waals surface area contributed by atoms with Crippen molar-refractivity contribution in [2.45, 2.75) is 13.1 Å². The Hall–Kier alpha value is -1.72. The van der Waals surface area contributed by atoms with Crippen LogP contribution in [-0.4, -0.2) is 23.7 Å². The molecule has 1 aromatic carbocycles. The normalized spacial score (nSPS) is 11.2. The summed E-state index contributed by atoms with van der Waals surface area (Å²) in [6, 6.07) is 4.95. The SMILES string of the molecule is CC(=O)N(CC(F)(F)F)c1ccc(O)cc1. The van der Waals surface area contributed by atoms with Crippen LogP contribution in [0.5, 0.6) is 5.75 Å². The van der Waals surface area contributed by atoms with Crippen molar-refractivity contribution in [2.75, 3.05) is 11.4 Å². The van der Waals surface area contributed by atoms with Gasteiger partial charge in [-0.05, 0) is 24.3 Å². The Morgan fingerprint density at radius 1 is 1.31 bits per heavy atom. The lowest BCUT2D eigenvalue weighted by molar-refractivity contribution is -0.131. The van der Waals surface area contributed by atoms with Crippen LogP contribution in [0.3, 0.4) is 0 Å². The largest absolute Gasteiger partial charge is 0.508 e. The molecule has 0 saturated heterocycles. The number of carbonyl (C=O) groups excluding carboxylic acids is 1. The van der Waals surface area contributed by atoms with E-state index >= 15 is 0 Å². The van der Waals surface area contributed by atoms with E-state index in [1.54, 1.807) is 0 Å². The van der Waals surface area contributed by atoms with Gasteiger partial charge in [-0.15, -0.1) is 0 Å². The highest BCUT2D eigenvalue weighted by molar-refractivity contribution is 5.91. The summed E-state index contributed by atoms with van der Waals surface area (Å²) >= 11 is 0. The number of carbonyl (C=O) groups is 1. The minimum atomic E-state index is -4.45. The molecule has 0 bridgehead atoms. The first-order valence-corrected chi connectivity index (χ1v) is 4.43. The second-order valence-corrected chi connectivity index (χ2v) is 3.24. The lowest BCUT2D eigenvalue weighted by atomic mass is 10.2. The van der Waals surface area contributed by atoms with E-state index in [0.29, 0.717) is 4.90 Å². The van der Waals surface area contributed by atoms with Gasteiger partial charge in [-0.25, -0.2) is 0 Å². The third kappa shape index (κ3) is 3.45. The monoisotopic (exact) mass is 233 g/mol. The first kappa shape index (κ1) is 12.4. The lowest BCUT2D eigenvalue weighted by Crippen LogP contribution is -2.37. The van der Waals surface area contributed by atoms with Crippen molar-refractivity contribution >= 4 is 11.6 Å². The van der Waals surface area contributed by atoms with E-state index in [2.05, 4.69) is 0 Å². The number of aromatic hydroxyl groups is 1. The van der Waals surface area contributed by atoms with Crippen molar-refractivity contribution in [3.8, 4) is 5.75 Å². The summed E-state index contributed by atoms with van der Waals surface area (Å²) < 4.78 is 36.6. The maximum absolute atomic E-state index is 12.2. The van der Waals surface area contributed by atoms with Crippen LogP contribution in [-0.2, 0) is 4.79 Å². The maximum Gasteiger partial charge on any atom is 0.406 e. The third-order valence-corrected chi connectivity index (χ3v) is 1.88. The molecule has 1 aromatic rings. The standard InChI is InChI=1S/C10H10F3NO2/c1-7(15)14(6-10(11,12)13)8-2-4-9(16)5-3-8/h2-5,16H,6H2,1H3. The van der Waals surface area contributed by atoms with Gasteiger partial charge in [-0.2, -0.15) is 13.2 Å². The summed E-state index contributed by atoms with van der Waals surface area (Å²) in [6.45, 7) is -0.286. The van der Waals surface area contributed by atoms with Crippen LogP contribution < -0.4 is 4.90 Å². The number of alkyl halides is 3. The van der Waals surface area contributed by atoms with Crippen molar-refractivity contribution in [3.05, 3.63) is 24.3 Å². The van der Waals surface area contributed by atoms with Crippen molar-refractivity contribution in [1.29, 1.82) is 0 Å². The molecule has 0 heterocycles. The molecule has 1 N–H and O–H groups in total. The zero-order valence-corrected chi connectivity index (χ0v) is 8.45. The minimum absolute atomic E-state index is 0.0701. The number of amides is 1. The molecule has 1 amide bonds. The summed E-state index contributed by atoms with van der Waals surface area (Å²) in [5.74, 6) is -0.776. The molecule has 1 rings (SSSR count). The fourth-order valence-electron chi connectivity index (χ4n) is 1.20. The Balaban J connectivity index is 2.94. The molecule has 3 nitrogen and oxygen atoms in total. The zero-order valence-electron chi connectivity index (χ0n) is 8.45. The molecule has 0 atom stereocenters. The average Bonchev–Trinajstić information content (AvgIpc) is 2.14.